The maximum absolute atomic E-state index is 13.1. The molecule has 1 saturated heterocycles. The normalized spacial score (nSPS) is 19.7. The van der Waals surface area contributed by atoms with Gasteiger partial charge in [0.15, 0.2) is 0 Å². The lowest BCUT2D eigenvalue weighted by atomic mass is 9.78. The summed E-state index contributed by atoms with van der Waals surface area (Å²) in [5, 5.41) is 9.09. The highest BCUT2D eigenvalue weighted by Gasteiger charge is 2.52. The largest absolute Gasteiger partial charge is 0.491 e. The second-order valence-corrected chi connectivity index (χ2v) is 7.43. The van der Waals surface area contributed by atoms with Crippen LogP contribution in [-0.2, 0) is 15.5 Å². The average molecular weight is 388 g/mol. The second kappa shape index (κ2) is 6.94. The quantitative estimate of drug-likeness (QED) is 0.595. The zero-order valence-electron chi connectivity index (χ0n) is 14.8. The number of hydrogen-bond acceptors (Lipinski definition) is 4. The number of alkyl halides is 3. The first kappa shape index (κ1) is 20.9. The van der Waals surface area contributed by atoms with E-state index < -0.39 is 41.6 Å². The highest BCUT2D eigenvalue weighted by molar-refractivity contribution is 7.80. The van der Waals surface area contributed by atoms with Gasteiger partial charge in [-0.05, 0) is 56.9 Å². The Labute approximate surface area is 155 Å². The van der Waals surface area contributed by atoms with Gasteiger partial charge >= 0.3 is 19.3 Å². The Morgan fingerprint density at radius 3 is 2.15 bits per heavy atom. The van der Waals surface area contributed by atoms with E-state index in [1.54, 1.807) is 0 Å². The van der Waals surface area contributed by atoms with Crippen LogP contribution in [0.15, 0.2) is 23.7 Å². The highest BCUT2D eigenvalue weighted by atomic mass is 32.1. The van der Waals surface area contributed by atoms with E-state index in [9.17, 15) is 18.0 Å². The standard InChI is InChI=1S/C17H20BF3O4S/c1-15(2)16(3,4)25-18(24-15)13(9-26)7-10-5-11(14(22)23)8-12(6-10)17(19,20)21/h5-8,26H,9H2,1-4H3,(H,22,23). The first-order valence-corrected chi connectivity index (χ1v) is 8.52. The molecule has 1 N–H and O–H groups in total. The van der Waals surface area contributed by atoms with Crippen LogP contribution in [0.4, 0.5) is 13.2 Å². The van der Waals surface area contributed by atoms with E-state index in [1.165, 1.54) is 12.1 Å². The Hall–Kier alpha value is -1.45. The molecule has 0 amide bonds. The van der Waals surface area contributed by atoms with Crippen LogP contribution < -0.4 is 0 Å². The third-order valence-electron chi connectivity index (χ3n) is 4.62. The van der Waals surface area contributed by atoms with Crippen molar-refractivity contribution >= 4 is 31.8 Å². The summed E-state index contributed by atoms with van der Waals surface area (Å²) in [5.41, 5.74) is -2.10. The van der Waals surface area contributed by atoms with Crippen LogP contribution in [0.5, 0.6) is 0 Å². The summed E-state index contributed by atoms with van der Waals surface area (Å²) in [5.74, 6) is -1.26. The van der Waals surface area contributed by atoms with E-state index in [4.69, 9.17) is 14.4 Å². The van der Waals surface area contributed by atoms with Crippen LogP contribution in [0.25, 0.3) is 6.08 Å². The molecule has 0 radical (unpaired) electrons. The molecule has 0 atom stereocenters. The van der Waals surface area contributed by atoms with E-state index in [0.29, 0.717) is 11.5 Å². The van der Waals surface area contributed by atoms with Gasteiger partial charge in [0.1, 0.15) is 0 Å². The number of hydrogen-bond donors (Lipinski definition) is 2. The van der Waals surface area contributed by atoms with Crippen LogP contribution >= 0.6 is 12.6 Å². The Balaban J connectivity index is 2.46. The van der Waals surface area contributed by atoms with E-state index in [1.807, 2.05) is 27.7 Å². The second-order valence-electron chi connectivity index (χ2n) is 7.11. The predicted octanol–water partition coefficient (Wildman–Crippen LogP) is 4.35. The van der Waals surface area contributed by atoms with Crippen LogP contribution in [0, 0.1) is 0 Å². The number of rotatable bonds is 4. The van der Waals surface area contributed by atoms with Crippen molar-refractivity contribution in [2.45, 2.75) is 45.1 Å². The molecule has 0 aliphatic carbocycles. The highest BCUT2D eigenvalue weighted by Crippen LogP contribution is 2.39. The molecular weight excluding hydrogens is 368 g/mol. The molecule has 9 heteroatoms. The van der Waals surface area contributed by atoms with Crippen molar-refractivity contribution in [1.29, 1.82) is 0 Å². The predicted molar refractivity (Wildman–Crippen MR) is 96.3 cm³/mol. The molecule has 1 fully saturated rings. The van der Waals surface area contributed by atoms with E-state index >= 15 is 0 Å². The first-order chi connectivity index (χ1) is 11.8. The number of carboxylic acid groups (broad SMARTS) is 1. The minimum Gasteiger partial charge on any atom is -0.478 e. The number of carbonyl (C=O) groups is 1. The molecule has 26 heavy (non-hydrogen) atoms. The minimum absolute atomic E-state index is 0.0935. The number of aromatic carboxylic acids is 1. The van der Waals surface area contributed by atoms with Crippen molar-refractivity contribution in [3.8, 4) is 0 Å². The average Bonchev–Trinajstić information content (AvgIpc) is 2.71. The van der Waals surface area contributed by atoms with E-state index in [0.717, 1.165) is 6.07 Å². The van der Waals surface area contributed by atoms with Crippen LogP contribution in [0.1, 0.15) is 49.2 Å². The monoisotopic (exact) mass is 388 g/mol. The topological polar surface area (TPSA) is 55.8 Å². The summed E-state index contributed by atoms with van der Waals surface area (Å²) in [7, 11) is -0.777. The molecule has 2 rings (SSSR count). The number of halogens is 3. The zero-order valence-corrected chi connectivity index (χ0v) is 15.7. The fraction of sp³-hybridized carbons (Fsp3) is 0.471. The number of benzene rings is 1. The summed E-state index contributed by atoms with van der Waals surface area (Å²) in [6.07, 6.45) is -3.23. The number of thiol groups is 1. The van der Waals surface area contributed by atoms with E-state index in [2.05, 4.69) is 12.6 Å². The molecule has 1 aliphatic heterocycles. The molecule has 1 aromatic rings. The van der Waals surface area contributed by atoms with Gasteiger partial charge in [-0.2, -0.15) is 25.8 Å². The summed E-state index contributed by atoms with van der Waals surface area (Å²) < 4.78 is 50.9. The summed E-state index contributed by atoms with van der Waals surface area (Å²) >= 11 is 4.22. The molecule has 0 bridgehead atoms. The maximum atomic E-state index is 13.1. The fourth-order valence-corrected chi connectivity index (χ4v) is 2.66. The van der Waals surface area contributed by atoms with Crippen molar-refractivity contribution in [1.82, 2.24) is 0 Å². The lowest BCUT2D eigenvalue weighted by molar-refractivity contribution is -0.137. The fourth-order valence-electron chi connectivity index (χ4n) is 2.42. The smallest absolute Gasteiger partial charge is 0.478 e. The molecule has 0 spiro atoms. The summed E-state index contributed by atoms with van der Waals surface area (Å²) in [6, 6.07) is 2.67. The maximum Gasteiger partial charge on any atom is 0.491 e. The molecule has 0 saturated carbocycles. The third-order valence-corrected chi connectivity index (χ3v) is 4.99. The molecule has 1 heterocycles. The summed E-state index contributed by atoms with van der Waals surface area (Å²) in [4.78, 5) is 11.2. The van der Waals surface area contributed by atoms with Gasteiger partial charge in [-0.15, -0.1) is 0 Å². The number of carboxylic acids is 1. The van der Waals surface area contributed by atoms with Crippen molar-refractivity contribution < 1.29 is 32.4 Å². The van der Waals surface area contributed by atoms with E-state index in [-0.39, 0.29) is 11.3 Å². The first-order valence-electron chi connectivity index (χ1n) is 7.89. The minimum atomic E-state index is -4.65. The SMILES string of the molecule is CC1(C)OB(C(=Cc2cc(C(=O)O)cc(C(F)(F)F)c2)CS)OC1(C)C. The molecule has 4 nitrogen and oxygen atoms in total. The Bertz CT molecular complexity index is 728. The lowest BCUT2D eigenvalue weighted by Crippen LogP contribution is -2.41. The van der Waals surface area contributed by atoms with Gasteiger partial charge in [0.2, 0.25) is 0 Å². The van der Waals surface area contributed by atoms with Gasteiger partial charge in [0.05, 0.1) is 22.3 Å². The lowest BCUT2D eigenvalue weighted by Gasteiger charge is -2.32. The van der Waals surface area contributed by atoms with Gasteiger partial charge in [-0.1, -0.05) is 6.08 Å². The molecule has 142 valence electrons. The molecule has 1 aromatic carbocycles. The zero-order chi connectivity index (χ0) is 19.9. The molecule has 0 aromatic heterocycles. The van der Waals surface area contributed by atoms with Gasteiger partial charge in [0, 0.05) is 5.75 Å². The van der Waals surface area contributed by atoms with Gasteiger partial charge < -0.3 is 14.4 Å². The van der Waals surface area contributed by atoms with Gasteiger partial charge in [-0.25, -0.2) is 4.79 Å². The Morgan fingerprint density at radius 2 is 1.73 bits per heavy atom. The van der Waals surface area contributed by atoms with Crippen LogP contribution in [-0.4, -0.2) is 35.1 Å². The van der Waals surface area contributed by atoms with Crippen molar-refractivity contribution in [2.24, 2.45) is 0 Å². The van der Waals surface area contributed by atoms with Crippen LogP contribution in [0.2, 0.25) is 0 Å². The van der Waals surface area contributed by atoms with Crippen LogP contribution in [0.3, 0.4) is 0 Å². The van der Waals surface area contributed by atoms with Crippen molar-refractivity contribution in [3.63, 3.8) is 0 Å². The third kappa shape index (κ3) is 4.27. The Morgan fingerprint density at radius 1 is 1.19 bits per heavy atom. The van der Waals surface area contributed by atoms with Gasteiger partial charge in [0.25, 0.3) is 0 Å². The van der Waals surface area contributed by atoms with Gasteiger partial charge in [-0.3, -0.25) is 0 Å². The molecule has 0 unspecified atom stereocenters. The molecular formula is C17H20BF3O4S. The van der Waals surface area contributed by atoms with Crippen molar-refractivity contribution in [3.05, 3.63) is 40.4 Å². The summed E-state index contributed by atoms with van der Waals surface area (Å²) in [6.45, 7) is 7.43. The molecule has 1 aliphatic rings. The van der Waals surface area contributed by atoms with Crippen molar-refractivity contribution in [2.75, 3.05) is 5.75 Å². The Kier molecular flexibility index (Phi) is 5.57.